The molecule has 4 heteroatoms. The van der Waals surface area contributed by atoms with Crippen molar-refractivity contribution in [3.8, 4) is 5.75 Å². The van der Waals surface area contributed by atoms with Gasteiger partial charge in [-0.3, -0.25) is 10.2 Å². The standard InChI is InChI=1S/C17H20N2O2/c1-13-2-4-15(5-3-13)12-21-16-9-6-14(7-10-16)8-11-17(20)19-18/h2-7,9-10H,8,11-12,18H2,1H3,(H,19,20). The first-order valence-electron chi connectivity index (χ1n) is 6.94. The average Bonchev–Trinajstić information content (AvgIpc) is 2.53. The molecular weight excluding hydrogens is 264 g/mol. The summed E-state index contributed by atoms with van der Waals surface area (Å²) in [6, 6.07) is 16.1. The van der Waals surface area contributed by atoms with Crippen molar-refractivity contribution in [2.24, 2.45) is 5.84 Å². The molecule has 0 heterocycles. The number of ether oxygens (including phenoxy) is 1. The summed E-state index contributed by atoms with van der Waals surface area (Å²) in [4.78, 5) is 11.1. The molecule has 2 rings (SSSR count). The lowest BCUT2D eigenvalue weighted by molar-refractivity contribution is -0.121. The molecule has 3 N–H and O–H groups in total. The van der Waals surface area contributed by atoms with Gasteiger partial charge in [-0.05, 0) is 36.6 Å². The highest BCUT2D eigenvalue weighted by Gasteiger charge is 2.01. The number of rotatable bonds is 6. The largest absolute Gasteiger partial charge is 0.489 e. The summed E-state index contributed by atoms with van der Waals surface area (Å²) in [5.74, 6) is 5.71. The second-order valence-electron chi connectivity index (χ2n) is 4.99. The van der Waals surface area contributed by atoms with Crippen molar-refractivity contribution >= 4 is 5.91 Å². The van der Waals surface area contributed by atoms with Crippen molar-refractivity contribution < 1.29 is 9.53 Å². The van der Waals surface area contributed by atoms with Crippen molar-refractivity contribution in [3.63, 3.8) is 0 Å². The van der Waals surface area contributed by atoms with Gasteiger partial charge in [-0.2, -0.15) is 0 Å². The maximum atomic E-state index is 11.1. The lowest BCUT2D eigenvalue weighted by Crippen LogP contribution is -2.30. The first kappa shape index (κ1) is 15.1. The third kappa shape index (κ3) is 4.93. The Balaban J connectivity index is 1.84. The summed E-state index contributed by atoms with van der Waals surface area (Å²) in [6.07, 6.45) is 1.06. The van der Waals surface area contributed by atoms with Crippen LogP contribution in [0, 0.1) is 6.92 Å². The van der Waals surface area contributed by atoms with Gasteiger partial charge < -0.3 is 4.74 Å². The molecule has 0 aliphatic heterocycles. The lowest BCUT2D eigenvalue weighted by Gasteiger charge is -2.07. The topological polar surface area (TPSA) is 64.3 Å². The molecule has 1 amide bonds. The number of nitrogens with one attached hydrogen (secondary N) is 1. The molecule has 0 aliphatic rings. The Hall–Kier alpha value is -2.33. The summed E-state index contributed by atoms with van der Waals surface area (Å²) in [6.45, 7) is 2.61. The van der Waals surface area contributed by atoms with Gasteiger partial charge in [-0.25, -0.2) is 5.84 Å². The normalized spacial score (nSPS) is 10.2. The van der Waals surface area contributed by atoms with Crippen LogP contribution in [0.2, 0.25) is 0 Å². The van der Waals surface area contributed by atoms with E-state index in [-0.39, 0.29) is 5.91 Å². The summed E-state index contributed by atoms with van der Waals surface area (Å²) >= 11 is 0. The van der Waals surface area contributed by atoms with Crippen molar-refractivity contribution in [3.05, 3.63) is 65.2 Å². The average molecular weight is 284 g/mol. The van der Waals surface area contributed by atoms with Crippen LogP contribution >= 0.6 is 0 Å². The summed E-state index contributed by atoms with van der Waals surface area (Å²) in [5, 5.41) is 0. The number of carbonyl (C=O) groups is 1. The highest BCUT2D eigenvalue weighted by atomic mass is 16.5. The second-order valence-corrected chi connectivity index (χ2v) is 4.99. The number of aryl methyl sites for hydroxylation is 2. The number of nitrogens with two attached hydrogens (primary N) is 1. The smallest absolute Gasteiger partial charge is 0.234 e. The van der Waals surface area contributed by atoms with Crippen molar-refractivity contribution in [1.82, 2.24) is 5.43 Å². The van der Waals surface area contributed by atoms with Crippen molar-refractivity contribution in [2.75, 3.05) is 0 Å². The van der Waals surface area contributed by atoms with Gasteiger partial charge in [-0.1, -0.05) is 42.0 Å². The Kier molecular flexibility index (Phi) is 5.35. The zero-order valence-electron chi connectivity index (χ0n) is 12.1. The zero-order valence-corrected chi connectivity index (χ0v) is 12.1. The fraction of sp³-hybridized carbons (Fsp3) is 0.235. The molecule has 0 unspecified atom stereocenters. The molecule has 4 nitrogen and oxygen atoms in total. The molecule has 0 saturated heterocycles. The second kappa shape index (κ2) is 7.45. The van der Waals surface area contributed by atoms with E-state index in [1.807, 2.05) is 24.3 Å². The van der Waals surface area contributed by atoms with Crippen LogP contribution in [0.15, 0.2) is 48.5 Å². The molecular formula is C17H20N2O2. The van der Waals surface area contributed by atoms with Gasteiger partial charge in [0.25, 0.3) is 0 Å². The van der Waals surface area contributed by atoms with E-state index in [1.54, 1.807) is 0 Å². The van der Waals surface area contributed by atoms with Gasteiger partial charge in [0.15, 0.2) is 0 Å². The van der Waals surface area contributed by atoms with Crippen LogP contribution in [-0.2, 0) is 17.8 Å². The van der Waals surface area contributed by atoms with Gasteiger partial charge in [0.05, 0.1) is 0 Å². The molecule has 2 aromatic carbocycles. The van der Waals surface area contributed by atoms with Crippen LogP contribution in [0.1, 0.15) is 23.1 Å². The number of carbonyl (C=O) groups excluding carboxylic acids is 1. The summed E-state index contributed by atoms with van der Waals surface area (Å²) in [5.41, 5.74) is 5.59. The number of hydrazine groups is 1. The Bertz CT molecular complexity index is 577. The first-order chi connectivity index (χ1) is 10.2. The molecule has 0 fully saturated rings. The van der Waals surface area contributed by atoms with E-state index in [9.17, 15) is 4.79 Å². The Labute approximate surface area is 124 Å². The molecule has 0 spiro atoms. The van der Waals surface area contributed by atoms with E-state index >= 15 is 0 Å². The summed E-state index contributed by atoms with van der Waals surface area (Å²) < 4.78 is 5.73. The van der Waals surface area contributed by atoms with E-state index in [4.69, 9.17) is 10.6 Å². The minimum atomic E-state index is -0.158. The molecule has 0 aliphatic carbocycles. The number of hydrogen-bond donors (Lipinski definition) is 2. The Morgan fingerprint density at radius 1 is 1.05 bits per heavy atom. The van der Waals surface area contributed by atoms with E-state index in [0.717, 1.165) is 16.9 Å². The zero-order chi connectivity index (χ0) is 15.1. The van der Waals surface area contributed by atoms with Gasteiger partial charge >= 0.3 is 0 Å². The van der Waals surface area contributed by atoms with E-state index in [2.05, 4.69) is 36.6 Å². The predicted octanol–water partition coefficient (Wildman–Crippen LogP) is 2.50. The van der Waals surface area contributed by atoms with Crippen LogP contribution in [-0.4, -0.2) is 5.91 Å². The minimum Gasteiger partial charge on any atom is -0.489 e. The number of hydrogen-bond acceptors (Lipinski definition) is 3. The van der Waals surface area contributed by atoms with Crippen LogP contribution < -0.4 is 16.0 Å². The molecule has 0 radical (unpaired) electrons. The molecule has 0 saturated carbocycles. The Morgan fingerprint density at radius 3 is 2.29 bits per heavy atom. The molecule has 2 aromatic rings. The van der Waals surface area contributed by atoms with E-state index < -0.39 is 0 Å². The van der Waals surface area contributed by atoms with Crippen LogP contribution in [0.25, 0.3) is 0 Å². The van der Waals surface area contributed by atoms with Gasteiger partial charge in [0.2, 0.25) is 5.91 Å². The van der Waals surface area contributed by atoms with E-state index in [1.165, 1.54) is 5.56 Å². The summed E-state index contributed by atoms with van der Waals surface area (Å²) in [7, 11) is 0. The Morgan fingerprint density at radius 2 is 1.67 bits per heavy atom. The van der Waals surface area contributed by atoms with Crippen LogP contribution in [0.4, 0.5) is 0 Å². The molecule has 0 aromatic heterocycles. The third-order valence-electron chi connectivity index (χ3n) is 3.25. The monoisotopic (exact) mass is 284 g/mol. The molecule has 21 heavy (non-hydrogen) atoms. The van der Waals surface area contributed by atoms with E-state index in [0.29, 0.717) is 19.4 Å². The van der Waals surface area contributed by atoms with Crippen molar-refractivity contribution in [1.29, 1.82) is 0 Å². The van der Waals surface area contributed by atoms with Gasteiger partial charge in [0, 0.05) is 6.42 Å². The SMILES string of the molecule is Cc1ccc(COc2ccc(CCC(=O)NN)cc2)cc1. The number of benzene rings is 2. The fourth-order valence-corrected chi connectivity index (χ4v) is 1.93. The van der Waals surface area contributed by atoms with Crippen molar-refractivity contribution in [2.45, 2.75) is 26.4 Å². The van der Waals surface area contributed by atoms with Crippen LogP contribution in [0.3, 0.4) is 0 Å². The van der Waals surface area contributed by atoms with Gasteiger partial charge in [0.1, 0.15) is 12.4 Å². The van der Waals surface area contributed by atoms with Crippen LogP contribution in [0.5, 0.6) is 5.75 Å². The first-order valence-corrected chi connectivity index (χ1v) is 6.94. The quantitative estimate of drug-likeness (QED) is 0.486. The molecule has 0 bridgehead atoms. The molecule has 110 valence electrons. The maximum Gasteiger partial charge on any atom is 0.234 e. The highest BCUT2D eigenvalue weighted by molar-refractivity contribution is 5.75. The van der Waals surface area contributed by atoms with Gasteiger partial charge in [-0.15, -0.1) is 0 Å². The third-order valence-corrected chi connectivity index (χ3v) is 3.25. The minimum absolute atomic E-state index is 0.158. The lowest BCUT2D eigenvalue weighted by atomic mass is 10.1. The number of amides is 1. The fourth-order valence-electron chi connectivity index (χ4n) is 1.93. The maximum absolute atomic E-state index is 11.1. The highest BCUT2D eigenvalue weighted by Crippen LogP contribution is 2.15. The predicted molar refractivity (Wildman–Crippen MR) is 82.6 cm³/mol. The molecule has 0 atom stereocenters.